The number of nitriles is 1. The van der Waals surface area contributed by atoms with Crippen molar-refractivity contribution in [2.24, 2.45) is 0 Å². The highest BCUT2D eigenvalue weighted by Crippen LogP contribution is 2.42. The molecule has 0 saturated heterocycles. The highest BCUT2D eigenvalue weighted by Gasteiger charge is 2.28. The van der Waals surface area contributed by atoms with Gasteiger partial charge >= 0.3 is 0 Å². The first-order valence-electron chi connectivity index (χ1n) is 17.0. The maximum Gasteiger partial charge on any atom is 0.272 e. The Labute approximate surface area is 315 Å². The average Bonchev–Trinajstić information content (AvgIpc) is 3.53. The van der Waals surface area contributed by atoms with Gasteiger partial charge in [0.05, 0.1) is 15.7 Å². The van der Waals surface area contributed by atoms with Crippen LogP contribution in [0.5, 0.6) is 0 Å². The van der Waals surface area contributed by atoms with Gasteiger partial charge in [-0.15, -0.1) is 23.1 Å². The van der Waals surface area contributed by atoms with Crippen LogP contribution in [0.25, 0.3) is 6.08 Å². The van der Waals surface area contributed by atoms with Gasteiger partial charge in [-0.05, 0) is 96.8 Å². The molecule has 0 radical (unpaired) electrons. The van der Waals surface area contributed by atoms with Crippen LogP contribution in [-0.4, -0.2) is 27.9 Å². The Morgan fingerprint density at radius 3 is 2.38 bits per heavy atom. The van der Waals surface area contributed by atoms with Gasteiger partial charge < -0.3 is 16.0 Å². The minimum atomic E-state index is -0.611. The molecule has 5 aromatic rings. The van der Waals surface area contributed by atoms with Gasteiger partial charge in [-0.2, -0.15) is 5.26 Å². The molecule has 3 amide bonds. The summed E-state index contributed by atoms with van der Waals surface area (Å²) in [5, 5.41) is 29.8. The van der Waals surface area contributed by atoms with E-state index in [1.165, 1.54) is 59.0 Å². The normalized spacial score (nSPS) is 14.3. The summed E-state index contributed by atoms with van der Waals surface area (Å²) in [6.45, 7) is 1.92. The number of thiophene rings is 1. The summed E-state index contributed by atoms with van der Waals surface area (Å²) in [4.78, 5) is 52.8. The molecule has 0 fully saturated rings. The third-order valence-corrected chi connectivity index (χ3v) is 11.4. The number of hydrogen-bond acceptors (Lipinski definition) is 8. The fourth-order valence-corrected chi connectivity index (χ4v) is 8.42. The van der Waals surface area contributed by atoms with Crippen molar-refractivity contribution >= 4 is 63.3 Å². The highest BCUT2D eigenvalue weighted by atomic mass is 32.2. The number of carbonyl (C=O) groups is 3. The number of carbonyl (C=O) groups excluding carboxylic acids is 3. The van der Waals surface area contributed by atoms with Crippen molar-refractivity contribution in [1.29, 1.82) is 5.26 Å². The first-order chi connectivity index (χ1) is 25.7. The van der Waals surface area contributed by atoms with Crippen molar-refractivity contribution in [2.75, 3.05) is 10.6 Å². The van der Waals surface area contributed by atoms with Crippen molar-refractivity contribution in [2.45, 2.75) is 48.7 Å². The number of benzene rings is 4. The van der Waals surface area contributed by atoms with Gasteiger partial charge in [0.15, 0.2) is 0 Å². The summed E-state index contributed by atoms with van der Waals surface area (Å²) in [5.74, 6) is -0.950. The summed E-state index contributed by atoms with van der Waals surface area (Å²) in [5.41, 5.74) is 3.94. The van der Waals surface area contributed by atoms with Gasteiger partial charge in [-0.3, -0.25) is 24.5 Å². The van der Waals surface area contributed by atoms with E-state index in [4.69, 9.17) is 0 Å². The van der Waals surface area contributed by atoms with Crippen LogP contribution in [0.15, 0.2) is 120 Å². The van der Waals surface area contributed by atoms with Crippen LogP contribution in [0.3, 0.4) is 0 Å². The van der Waals surface area contributed by atoms with Gasteiger partial charge in [0.1, 0.15) is 16.8 Å². The Morgan fingerprint density at radius 2 is 1.70 bits per heavy atom. The molecule has 53 heavy (non-hydrogen) atoms. The molecule has 4 aromatic carbocycles. The molecular formula is C41H35N5O5S2. The number of anilines is 2. The van der Waals surface area contributed by atoms with E-state index in [-0.39, 0.29) is 17.3 Å². The van der Waals surface area contributed by atoms with Crippen LogP contribution in [0, 0.1) is 21.4 Å². The fraction of sp³-hybridized carbons (Fsp3) is 0.171. The van der Waals surface area contributed by atoms with Crippen LogP contribution >= 0.6 is 23.1 Å². The number of amides is 3. The Morgan fingerprint density at radius 1 is 0.981 bits per heavy atom. The number of nitro groups is 1. The van der Waals surface area contributed by atoms with Gasteiger partial charge in [0.2, 0.25) is 5.91 Å². The number of fused-ring (bicyclic) bond motifs is 1. The van der Waals surface area contributed by atoms with E-state index in [0.717, 1.165) is 34.6 Å². The van der Waals surface area contributed by atoms with E-state index >= 15 is 0 Å². The van der Waals surface area contributed by atoms with E-state index in [9.17, 15) is 29.8 Å². The maximum atomic E-state index is 13.6. The summed E-state index contributed by atoms with van der Waals surface area (Å²) >= 11 is 2.83. The Kier molecular flexibility index (Phi) is 11.8. The molecule has 2 atom stereocenters. The van der Waals surface area contributed by atoms with Crippen molar-refractivity contribution in [1.82, 2.24) is 5.32 Å². The van der Waals surface area contributed by atoms with Crippen molar-refractivity contribution in [3.8, 4) is 6.07 Å². The number of nitrogens with one attached hydrogen (secondary N) is 3. The topological polar surface area (TPSA) is 154 Å². The minimum absolute atomic E-state index is 0.0707. The molecule has 0 bridgehead atoms. The lowest BCUT2D eigenvalue weighted by Crippen LogP contribution is -2.30. The van der Waals surface area contributed by atoms with Crippen LogP contribution in [0.1, 0.15) is 63.2 Å². The molecule has 1 aliphatic rings. The van der Waals surface area contributed by atoms with Crippen LogP contribution in [0.2, 0.25) is 0 Å². The monoisotopic (exact) mass is 741 g/mol. The molecule has 10 nitrogen and oxygen atoms in total. The summed E-state index contributed by atoms with van der Waals surface area (Å²) < 4.78 is 0. The standard InChI is InChI=1S/C41H35N5O5S2/c1-2-36(40(49)45-41-34(25-42)33-21-18-29(23-37(33)53-41)27-10-5-3-6-11-27)52-32-15-9-14-30(24-32)43-39(48)35(44-38(47)28-12-7-4-8-13-28)22-26-16-19-31(20-17-26)46(50)51/h3-17,19-20,22,24,29,36H,2,18,21,23H2,1H3,(H,43,48)(H,44,47)(H,45,49)/b35-22+. The summed E-state index contributed by atoms with van der Waals surface area (Å²) in [7, 11) is 0. The molecule has 0 spiro atoms. The molecule has 0 aliphatic heterocycles. The molecular weight excluding hydrogens is 707 g/mol. The first-order valence-corrected chi connectivity index (χ1v) is 18.7. The maximum absolute atomic E-state index is 13.6. The largest absolute Gasteiger partial charge is 0.321 e. The first kappa shape index (κ1) is 36.8. The second kappa shape index (κ2) is 17.0. The van der Waals surface area contributed by atoms with Crippen LogP contribution in [-0.2, 0) is 22.4 Å². The molecule has 1 aromatic heterocycles. The van der Waals surface area contributed by atoms with Crippen molar-refractivity contribution in [3.05, 3.63) is 158 Å². The molecule has 0 saturated carbocycles. The lowest BCUT2D eigenvalue weighted by Gasteiger charge is -2.22. The summed E-state index contributed by atoms with van der Waals surface area (Å²) in [6, 6.07) is 33.8. The van der Waals surface area contributed by atoms with Crippen molar-refractivity contribution < 1.29 is 19.3 Å². The Balaban J connectivity index is 1.15. The summed E-state index contributed by atoms with van der Waals surface area (Å²) in [6.07, 6.45) is 4.53. The lowest BCUT2D eigenvalue weighted by atomic mass is 9.83. The second-order valence-corrected chi connectivity index (χ2v) is 14.8. The zero-order valence-corrected chi connectivity index (χ0v) is 30.3. The van der Waals surface area contributed by atoms with Gasteiger partial charge in [-0.1, -0.05) is 61.5 Å². The smallest absolute Gasteiger partial charge is 0.272 e. The molecule has 2 unspecified atom stereocenters. The number of rotatable bonds is 12. The van der Waals surface area contributed by atoms with E-state index in [1.807, 2.05) is 31.2 Å². The van der Waals surface area contributed by atoms with E-state index < -0.39 is 22.0 Å². The van der Waals surface area contributed by atoms with Crippen molar-refractivity contribution in [3.63, 3.8) is 0 Å². The van der Waals surface area contributed by atoms with Crippen LogP contribution < -0.4 is 16.0 Å². The SMILES string of the molecule is CCC(Sc1cccc(NC(=O)/C(=C\c2ccc([N+](=O)[O-])cc2)NC(=O)c2ccccc2)c1)C(=O)Nc1sc2c(c1C#N)CCC(c1ccccc1)C2. The number of thioether (sulfide) groups is 1. The van der Waals surface area contributed by atoms with E-state index in [0.29, 0.717) is 39.7 Å². The molecule has 3 N–H and O–H groups in total. The molecule has 266 valence electrons. The van der Waals surface area contributed by atoms with E-state index in [2.05, 4.69) is 34.2 Å². The molecule has 1 heterocycles. The van der Waals surface area contributed by atoms with Gasteiger partial charge in [0, 0.05) is 33.2 Å². The Hall–Kier alpha value is -6.03. The molecule has 1 aliphatic carbocycles. The number of hydrogen-bond donors (Lipinski definition) is 3. The zero-order valence-electron chi connectivity index (χ0n) is 28.7. The number of nitrogens with zero attached hydrogens (tertiary/aromatic N) is 2. The highest BCUT2D eigenvalue weighted by molar-refractivity contribution is 8.00. The van der Waals surface area contributed by atoms with Gasteiger partial charge in [-0.25, -0.2) is 0 Å². The third kappa shape index (κ3) is 9.07. The lowest BCUT2D eigenvalue weighted by molar-refractivity contribution is -0.384. The van der Waals surface area contributed by atoms with Crippen LogP contribution in [0.4, 0.5) is 16.4 Å². The predicted molar refractivity (Wildman–Crippen MR) is 209 cm³/mol. The average molecular weight is 742 g/mol. The quantitative estimate of drug-likeness (QED) is 0.0500. The fourth-order valence-electron chi connectivity index (χ4n) is 6.13. The predicted octanol–water partition coefficient (Wildman–Crippen LogP) is 8.72. The number of non-ortho nitro benzene ring substituents is 1. The Bertz CT molecular complexity index is 2210. The second-order valence-electron chi connectivity index (χ2n) is 12.4. The molecule has 12 heteroatoms. The number of nitro benzene ring substituents is 1. The van der Waals surface area contributed by atoms with E-state index in [1.54, 1.807) is 48.5 Å². The zero-order chi connectivity index (χ0) is 37.3. The third-order valence-electron chi connectivity index (χ3n) is 8.86. The molecule has 6 rings (SSSR count). The minimum Gasteiger partial charge on any atom is -0.321 e. The van der Waals surface area contributed by atoms with Gasteiger partial charge in [0.25, 0.3) is 17.5 Å².